The second kappa shape index (κ2) is 42.2. The number of amides is 9. The molecule has 0 saturated carbocycles. The summed E-state index contributed by atoms with van der Waals surface area (Å²) in [6.07, 6.45) is 3.86. The van der Waals surface area contributed by atoms with E-state index in [1.165, 1.54) is 36.0 Å². The number of ketones is 2. The predicted molar refractivity (Wildman–Crippen MR) is 426 cm³/mol. The van der Waals surface area contributed by atoms with Crippen molar-refractivity contribution in [3.8, 4) is 5.75 Å². The average Bonchev–Trinajstić information content (AvgIpc) is 1.62. The van der Waals surface area contributed by atoms with Crippen LogP contribution in [0.15, 0.2) is 97.2 Å². The minimum absolute atomic E-state index is 0. The van der Waals surface area contributed by atoms with Crippen molar-refractivity contribution in [1.82, 2.24) is 51.2 Å². The summed E-state index contributed by atoms with van der Waals surface area (Å²) in [5.74, 6) is -8.17. The fourth-order valence-corrected chi connectivity index (χ4v) is 15.8. The fraction of sp³-hybridized carbons (Fsp3) is 0.558. The third-order valence-corrected chi connectivity index (χ3v) is 22.3. The monoisotopic (exact) mass is 1580 g/mol. The van der Waals surface area contributed by atoms with Crippen molar-refractivity contribution in [1.29, 1.82) is 0 Å². The van der Waals surface area contributed by atoms with Gasteiger partial charge in [-0.25, -0.2) is 4.39 Å². The Balaban J connectivity index is 0.0000149. The van der Waals surface area contributed by atoms with Crippen molar-refractivity contribution in [2.24, 2.45) is 5.92 Å². The van der Waals surface area contributed by atoms with Gasteiger partial charge in [-0.1, -0.05) is 79.9 Å². The number of carbonyl (C=O) groups excluding carboxylic acids is 11. The highest BCUT2D eigenvalue weighted by atomic mass is 19.1. The molecule has 11 rings (SSSR count). The smallest absolute Gasteiger partial charge is 0.246 e. The Kier molecular flexibility index (Phi) is 32.8. The molecule has 0 unspecified atom stereocenters. The highest BCUT2D eigenvalue weighted by Gasteiger charge is 2.49. The lowest BCUT2D eigenvalue weighted by Crippen LogP contribution is -2.62. The van der Waals surface area contributed by atoms with E-state index in [0.717, 1.165) is 35.0 Å². The molecule has 0 aliphatic carbocycles. The van der Waals surface area contributed by atoms with Crippen LogP contribution in [0, 0.1) is 19.2 Å². The number of halogens is 1. The van der Waals surface area contributed by atoms with E-state index in [4.69, 9.17) is 18.9 Å². The number of ether oxygens (including phenoxy) is 4. The zero-order valence-electron chi connectivity index (χ0n) is 67.4. The molecule has 1 aromatic heterocycles. The summed E-state index contributed by atoms with van der Waals surface area (Å²) in [6.45, 7) is 5.05. The van der Waals surface area contributed by atoms with Crippen molar-refractivity contribution < 1.29 is 85.7 Å². The first-order valence-corrected chi connectivity index (χ1v) is 40.2. The van der Waals surface area contributed by atoms with Crippen molar-refractivity contribution in [2.75, 3.05) is 94.0 Å². The zero-order valence-corrected chi connectivity index (χ0v) is 67.4. The van der Waals surface area contributed by atoms with Gasteiger partial charge in [0, 0.05) is 107 Å². The van der Waals surface area contributed by atoms with Crippen LogP contribution in [0.1, 0.15) is 150 Å². The topological polar surface area (TPSA) is 332 Å². The van der Waals surface area contributed by atoms with Gasteiger partial charge >= 0.3 is 0 Å². The number of hydrogen-bond acceptors (Lipinski definition) is 16. The lowest BCUT2D eigenvalue weighted by atomic mass is 9.88. The maximum atomic E-state index is 16.3. The quantitative estimate of drug-likeness (QED) is 0.0366. The molecular formula is C86H118FN11O16. The van der Waals surface area contributed by atoms with Gasteiger partial charge in [-0.3, -0.25) is 52.7 Å². The first-order chi connectivity index (χ1) is 54.2. The average molecular weight is 1580 g/mol. The van der Waals surface area contributed by atoms with Crippen LogP contribution in [0.2, 0.25) is 0 Å². The molecule has 27 nitrogen and oxygen atoms in total. The third kappa shape index (κ3) is 25.0. The summed E-state index contributed by atoms with van der Waals surface area (Å²) < 4.78 is 41.7. The summed E-state index contributed by atoms with van der Waals surface area (Å²) in [6, 6.07) is 18.3. The number of aromatic nitrogens is 1. The molecule has 114 heavy (non-hydrogen) atoms. The number of quaternary nitrogens is 1. The number of Topliss-reactive ketones (excluding diaryl/α,β-unsaturated/α-hetero) is 2. The predicted octanol–water partition coefficient (Wildman–Crippen LogP) is 5.86. The van der Waals surface area contributed by atoms with Crippen LogP contribution >= 0.6 is 0 Å². The minimum atomic E-state index is -1.81. The molecule has 12 bridgehead atoms. The van der Waals surface area contributed by atoms with E-state index >= 15 is 33.2 Å². The molecule has 4 aromatic carbocycles. The Morgan fingerprint density at radius 3 is 2.15 bits per heavy atom. The number of rotatable bonds is 15. The van der Waals surface area contributed by atoms with E-state index < -0.39 is 132 Å². The number of aliphatic hydroxyl groups excluding tert-OH is 1. The van der Waals surface area contributed by atoms with E-state index in [1.807, 2.05) is 39.9 Å². The molecule has 2 fully saturated rings. The van der Waals surface area contributed by atoms with Crippen molar-refractivity contribution in [3.63, 3.8) is 0 Å². The molecule has 6 aliphatic rings. The molecule has 0 radical (unpaired) electrons. The highest BCUT2D eigenvalue weighted by Crippen LogP contribution is 2.35. The molecule has 0 spiro atoms. The van der Waals surface area contributed by atoms with Crippen LogP contribution in [-0.4, -0.2) is 236 Å². The Hall–Kier alpha value is -9.48. The number of nitrogens with one attached hydrogen (secondary N) is 6. The van der Waals surface area contributed by atoms with Gasteiger partial charge in [-0.2, -0.15) is 0 Å². The van der Waals surface area contributed by atoms with Crippen LogP contribution in [-0.2, 0) is 112 Å². The molecule has 620 valence electrons. The normalized spacial score (nSPS) is 24.1. The van der Waals surface area contributed by atoms with Gasteiger partial charge in [0.15, 0.2) is 11.6 Å². The first-order valence-electron chi connectivity index (χ1n) is 40.2. The Labute approximate surface area is 668 Å². The van der Waals surface area contributed by atoms with Crippen LogP contribution in [0.4, 0.5) is 4.39 Å². The number of aliphatic hydroxyl groups is 1. The summed E-state index contributed by atoms with van der Waals surface area (Å²) in [5, 5.41) is 29.0. The van der Waals surface area contributed by atoms with E-state index in [-0.39, 0.29) is 103 Å². The molecular weight excluding hydrogens is 1460 g/mol. The number of fused-ring (bicyclic) bond motifs is 16. The lowest BCUT2D eigenvalue weighted by molar-refractivity contribution is -0.870. The number of carbonyl (C=O) groups is 11. The molecule has 9 amide bonds. The molecule has 28 heteroatoms. The van der Waals surface area contributed by atoms with Crippen LogP contribution < -0.4 is 36.6 Å². The van der Waals surface area contributed by atoms with E-state index in [0.29, 0.717) is 130 Å². The largest absolute Gasteiger partial charge is 0.497 e. The maximum Gasteiger partial charge on any atom is 0.246 e. The summed E-state index contributed by atoms with van der Waals surface area (Å²) >= 11 is 0. The molecule has 5 aromatic rings. The van der Waals surface area contributed by atoms with Crippen molar-refractivity contribution >= 4 is 75.6 Å². The number of aryl methyl sites for hydroxylation is 2. The van der Waals surface area contributed by atoms with Gasteiger partial charge in [-0.05, 0) is 148 Å². The zero-order chi connectivity index (χ0) is 80.8. The summed E-state index contributed by atoms with van der Waals surface area (Å²) in [4.78, 5) is 169. The van der Waals surface area contributed by atoms with Crippen LogP contribution in [0.3, 0.4) is 0 Å². The van der Waals surface area contributed by atoms with Gasteiger partial charge in [0.05, 0.1) is 78.5 Å². The number of nitrogens with zero attached hydrogens (tertiary/aromatic N) is 5. The highest BCUT2D eigenvalue weighted by molar-refractivity contribution is 6.00. The summed E-state index contributed by atoms with van der Waals surface area (Å²) in [5.41, 5.74) is 3.43. The van der Waals surface area contributed by atoms with Gasteiger partial charge in [-0.15, -0.1) is 0 Å². The summed E-state index contributed by atoms with van der Waals surface area (Å²) in [7, 11) is 7.67. The molecule has 9 atom stereocenters. The Bertz CT molecular complexity index is 4150. The van der Waals surface area contributed by atoms with E-state index in [2.05, 4.69) is 53.0 Å². The Morgan fingerprint density at radius 2 is 1.40 bits per heavy atom. The van der Waals surface area contributed by atoms with Crippen LogP contribution in [0.5, 0.6) is 5.75 Å². The molecule has 7 heterocycles. The third-order valence-electron chi connectivity index (χ3n) is 22.3. The lowest BCUT2D eigenvalue weighted by Gasteiger charge is -2.37. The number of likely N-dealkylation sites (N-methyl/N-ethyl adjacent to an activating group) is 1. The molecule has 7 N–H and O–H groups in total. The van der Waals surface area contributed by atoms with Crippen LogP contribution in [0.25, 0.3) is 10.9 Å². The van der Waals surface area contributed by atoms with Crippen molar-refractivity contribution in [2.45, 2.75) is 210 Å². The van der Waals surface area contributed by atoms with E-state index in [9.17, 15) is 29.1 Å². The number of benzene rings is 4. The van der Waals surface area contributed by atoms with Gasteiger partial charge < -0.3 is 87.1 Å². The number of hydrogen-bond donors (Lipinski definition) is 7. The minimum Gasteiger partial charge on any atom is -0.497 e. The molecule has 6 aliphatic heterocycles. The fourth-order valence-electron chi connectivity index (χ4n) is 15.8. The van der Waals surface area contributed by atoms with Gasteiger partial charge in [0.1, 0.15) is 48.9 Å². The molecule has 2 saturated heterocycles. The van der Waals surface area contributed by atoms with Gasteiger partial charge in [0.2, 0.25) is 53.2 Å². The number of methoxy groups -OCH3 is 1. The SMILES string of the molecule is COc1ccc(C[C@@H]2NC(=O)[C@H]([C@@H](C)O)NC(=O)[C@@H]3[C@@H]4CCN3C(=O)[C@H]3CC(=O)[C@H](Cc5cccc(c5)CNC(=O)CO4)NC(=O)[C@@H](CNC(=O)CCOCCOCC[N+](C)(C)C)NC(=O)CCCCCC(=O)N(CCCCCCn4cc(c5cc(F)ccc54)C3)Cc3ccc(cc3)CCCC(=O)[C@]3(C)CCCN3C2=O)cc1.[CH3-]. The second-order valence-electron chi connectivity index (χ2n) is 32.1. The maximum absolute atomic E-state index is 16.3. The first kappa shape index (κ1) is 88.5. The van der Waals surface area contributed by atoms with Crippen molar-refractivity contribution in [3.05, 3.63) is 144 Å². The van der Waals surface area contributed by atoms with E-state index in [1.54, 1.807) is 61.5 Å². The Morgan fingerprint density at radius 1 is 0.684 bits per heavy atom. The standard InChI is InChI=1S/C85H114FN11O16.CH3/c1-56(98)78-81(106)91-68(46-58-27-30-65(110-6)31-28-58)84(109)96-38-16-35-85(96,2)73(100)20-15-17-57-23-25-59(26-24-57)53-94-37-13-8-7-12-36-93-54-63(66-50-64(86)29-32-70(66)93)48-62-49-71(99)67(47-60-18-14-19-61(45-60)51-87-76(103)55-113-72-33-39-95(83(62)108)79(72)82(107)92-78)90-80(105)69(89-75(102)21-10-9-11-22-77(94)104)52-88-74(101)34-41-111-43-44-112-42-40-97(3,4)5;/h14,18-19,23-32,45,50,54,56,62,67-69,72,78-79,98H,7-13,15-17,20-22,33-44,46-49,51-53,55H2,1-6H3,(H5-,87,88,89,90,91,92,101,102,103,105,106,107);1H3/q;-1/p+1/t56-,62-,67+,68+,69-,72+,78+,79+,85+;/m1./s1. The van der Waals surface area contributed by atoms with Gasteiger partial charge in [0.25, 0.3) is 0 Å². The second-order valence-corrected chi connectivity index (χ2v) is 32.1.